The molecule has 0 aromatic carbocycles. The normalized spacial score (nSPS) is 10.2. The van der Waals surface area contributed by atoms with E-state index in [0.29, 0.717) is 0 Å². The van der Waals surface area contributed by atoms with Gasteiger partial charge in [0.2, 0.25) is 0 Å². The van der Waals surface area contributed by atoms with Crippen LogP contribution in [0.25, 0.3) is 0 Å². The molecule has 0 bridgehead atoms. The minimum atomic E-state index is 0.855. The number of hydrogen-bond acceptors (Lipinski definition) is 4. The smallest absolute Gasteiger partial charge is 0.0634 e. The molecule has 0 atom stereocenters. The van der Waals surface area contributed by atoms with Crippen molar-refractivity contribution in [2.24, 2.45) is 9.98 Å². The highest BCUT2D eigenvalue weighted by atomic mass is 32.1. The zero-order valence-corrected chi connectivity index (χ0v) is 14.0. The number of aliphatic imine (C=N–C) groups is 2. The van der Waals surface area contributed by atoms with Crippen LogP contribution in [0.2, 0.25) is 0 Å². The van der Waals surface area contributed by atoms with Gasteiger partial charge in [0.25, 0.3) is 0 Å². The van der Waals surface area contributed by atoms with Gasteiger partial charge in [-0.2, -0.15) is 0 Å². The van der Waals surface area contributed by atoms with Gasteiger partial charge in [0.05, 0.1) is 10.3 Å². The van der Waals surface area contributed by atoms with Crippen LogP contribution < -0.4 is 0 Å². The van der Waals surface area contributed by atoms with Crippen molar-refractivity contribution in [2.75, 3.05) is 6.54 Å². The lowest BCUT2D eigenvalue weighted by molar-refractivity contribution is 0.554. The van der Waals surface area contributed by atoms with Crippen LogP contribution >= 0.6 is 24.4 Å². The van der Waals surface area contributed by atoms with Gasteiger partial charge in [-0.05, 0) is 43.7 Å². The van der Waals surface area contributed by atoms with E-state index in [1.165, 1.54) is 57.8 Å². The van der Waals surface area contributed by atoms with E-state index in [1.54, 1.807) is 6.20 Å². The second kappa shape index (κ2) is 18.3. The maximum atomic E-state index is 4.53. The quantitative estimate of drug-likeness (QED) is 0.223. The van der Waals surface area contributed by atoms with Crippen molar-refractivity contribution >= 4 is 34.8 Å². The minimum absolute atomic E-state index is 0.855. The highest BCUT2D eigenvalue weighted by molar-refractivity contribution is 7.78. The molecular formula is C16H26N2S2. The van der Waals surface area contributed by atoms with E-state index < -0.39 is 0 Å². The van der Waals surface area contributed by atoms with Gasteiger partial charge in [-0.25, -0.2) is 9.98 Å². The first-order chi connectivity index (χ1) is 9.91. The summed E-state index contributed by atoms with van der Waals surface area (Å²) in [5.74, 6) is 0. The van der Waals surface area contributed by atoms with Crippen LogP contribution in [0.1, 0.15) is 70.6 Å². The molecule has 0 amide bonds. The van der Waals surface area contributed by atoms with Gasteiger partial charge in [-0.1, -0.05) is 57.4 Å². The summed E-state index contributed by atoms with van der Waals surface area (Å²) in [6.07, 6.45) is 18.1. The third kappa shape index (κ3) is 17.3. The van der Waals surface area contributed by atoms with Crippen molar-refractivity contribution in [3.8, 4) is 0 Å². The third-order valence-electron chi connectivity index (χ3n) is 3.19. The highest BCUT2D eigenvalue weighted by Gasteiger charge is 1.92. The average Bonchev–Trinajstić information content (AvgIpc) is 2.47. The molecule has 0 aliphatic carbocycles. The highest BCUT2D eigenvalue weighted by Crippen LogP contribution is 2.11. The van der Waals surface area contributed by atoms with Crippen molar-refractivity contribution in [1.82, 2.24) is 0 Å². The monoisotopic (exact) mass is 310 g/mol. The summed E-state index contributed by atoms with van der Waals surface area (Å²) in [4.78, 5) is 7.66. The van der Waals surface area contributed by atoms with Gasteiger partial charge in [0, 0.05) is 12.7 Å². The number of isothiocyanates is 2. The number of allylic oxidation sites excluding steroid dienone is 1. The fraction of sp³-hybridized carbons (Fsp3) is 0.750. The number of thiocarbonyl (C=S) groups is 2. The van der Waals surface area contributed by atoms with E-state index in [4.69, 9.17) is 0 Å². The van der Waals surface area contributed by atoms with Crippen LogP contribution in [0.4, 0.5) is 0 Å². The fourth-order valence-corrected chi connectivity index (χ4v) is 2.22. The molecule has 112 valence electrons. The van der Waals surface area contributed by atoms with Crippen molar-refractivity contribution in [1.29, 1.82) is 0 Å². The Morgan fingerprint density at radius 1 is 0.700 bits per heavy atom. The Balaban J connectivity index is 3.06. The van der Waals surface area contributed by atoms with E-state index in [2.05, 4.69) is 50.8 Å². The van der Waals surface area contributed by atoms with Gasteiger partial charge in [-0.15, -0.1) is 0 Å². The zero-order valence-electron chi connectivity index (χ0n) is 12.4. The minimum Gasteiger partial charge on any atom is -0.233 e. The van der Waals surface area contributed by atoms with Gasteiger partial charge >= 0.3 is 0 Å². The topological polar surface area (TPSA) is 24.7 Å². The Bertz CT molecular complexity index is 327. The van der Waals surface area contributed by atoms with Crippen LogP contribution in [-0.4, -0.2) is 16.9 Å². The largest absolute Gasteiger partial charge is 0.233 e. The molecule has 0 spiro atoms. The van der Waals surface area contributed by atoms with E-state index in [1.807, 2.05) is 0 Å². The lowest BCUT2D eigenvalue weighted by atomic mass is 10.1. The van der Waals surface area contributed by atoms with Crippen molar-refractivity contribution in [3.63, 3.8) is 0 Å². The van der Waals surface area contributed by atoms with E-state index in [-0.39, 0.29) is 0 Å². The molecule has 0 unspecified atom stereocenters. The van der Waals surface area contributed by atoms with Gasteiger partial charge in [0.1, 0.15) is 0 Å². The second-order valence-electron chi connectivity index (χ2n) is 4.90. The lowest BCUT2D eigenvalue weighted by Crippen LogP contribution is -1.84. The van der Waals surface area contributed by atoms with Gasteiger partial charge in [0.15, 0.2) is 0 Å². The average molecular weight is 311 g/mol. The van der Waals surface area contributed by atoms with Crippen LogP contribution in [0.5, 0.6) is 0 Å². The van der Waals surface area contributed by atoms with E-state index >= 15 is 0 Å². The molecule has 20 heavy (non-hydrogen) atoms. The lowest BCUT2D eigenvalue weighted by Gasteiger charge is -2.01. The SMILES string of the molecule is S=C=N/C=C\CCCCCCCCCCCCN=C=S. The van der Waals surface area contributed by atoms with Crippen molar-refractivity contribution in [3.05, 3.63) is 12.3 Å². The molecule has 0 aromatic rings. The first-order valence-corrected chi connectivity index (χ1v) is 8.49. The number of unbranched alkanes of at least 4 members (excludes halogenated alkanes) is 10. The molecule has 0 aliphatic heterocycles. The molecule has 0 aromatic heterocycles. The molecule has 0 aliphatic rings. The number of nitrogens with zero attached hydrogens (tertiary/aromatic N) is 2. The first kappa shape index (κ1) is 19.3. The zero-order chi connectivity index (χ0) is 14.7. The standard InChI is InChI=1S/C16H26N2S2/c19-15-17-13-11-9-7-5-3-1-2-4-6-8-10-12-14-18-16-20/h11,13H,1-10,12,14H2/b13-11-. The molecular weight excluding hydrogens is 284 g/mol. The summed E-state index contributed by atoms with van der Waals surface area (Å²) < 4.78 is 0. The Morgan fingerprint density at radius 2 is 1.25 bits per heavy atom. The molecule has 0 fully saturated rings. The maximum Gasteiger partial charge on any atom is 0.0634 e. The Morgan fingerprint density at radius 3 is 1.80 bits per heavy atom. The van der Waals surface area contributed by atoms with E-state index in [0.717, 1.165) is 19.4 Å². The predicted octanol–water partition coefficient (Wildman–Crippen LogP) is 6.00. The summed E-state index contributed by atoms with van der Waals surface area (Å²) in [7, 11) is 0. The summed E-state index contributed by atoms with van der Waals surface area (Å²) >= 11 is 9.00. The molecule has 0 rings (SSSR count). The third-order valence-corrected chi connectivity index (χ3v) is 3.42. The van der Waals surface area contributed by atoms with Crippen LogP contribution in [0.15, 0.2) is 22.3 Å². The summed E-state index contributed by atoms with van der Waals surface area (Å²) in [6.45, 7) is 0.855. The number of hydrogen-bond donors (Lipinski definition) is 0. The summed E-state index contributed by atoms with van der Waals surface area (Å²) in [5.41, 5.74) is 0. The van der Waals surface area contributed by atoms with Crippen molar-refractivity contribution in [2.45, 2.75) is 70.6 Å². The van der Waals surface area contributed by atoms with Crippen LogP contribution in [0.3, 0.4) is 0 Å². The molecule has 0 heterocycles. The molecule has 0 N–H and O–H groups in total. The second-order valence-corrected chi connectivity index (χ2v) is 5.27. The van der Waals surface area contributed by atoms with Gasteiger partial charge in [-0.3, -0.25) is 0 Å². The summed E-state index contributed by atoms with van der Waals surface area (Å²) in [5, 5.41) is 4.73. The molecule has 0 saturated heterocycles. The Labute approximate surface area is 134 Å². The predicted molar refractivity (Wildman–Crippen MR) is 94.8 cm³/mol. The number of rotatable bonds is 14. The Kier molecular flexibility index (Phi) is 17.7. The molecule has 2 nitrogen and oxygen atoms in total. The molecule has 0 radical (unpaired) electrons. The fourth-order valence-electron chi connectivity index (χ4n) is 2.07. The summed E-state index contributed by atoms with van der Waals surface area (Å²) in [6, 6.07) is 0. The van der Waals surface area contributed by atoms with Crippen LogP contribution in [-0.2, 0) is 0 Å². The first-order valence-electron chi connectivity index (χ1n) is 7.67. The van der Waals surface area contributed by atoms with E-state index in [9.17, 15) is 0 Å². The van der Waals surface area contributed by atoms with Crippen LogP contribution in [0, 0.1) is 0 Å². The van der Waals surface area contributed by atoms with Crippen molar-refractivity contribution < 1.29 is 0 Å². The molecule has 0 saturated carbocycles. The van der Waals surface area contributed by atoms with Gasteiger partial charge < -0.3 is 0 Å². The Hall–Kier alpha value is -0.660. The molecule has 4 heteroatoms. The maximum absolute atomic E-state index is 4.53.